The Morgan fingerprint density at radius 3 is 2.41 bits per heavy atom. The number of β-amino-alcohol motifs (C(OH)–C–C–N with tert-alkyl or cyclic N) is 1. The molecule has 5 nitrogen and oxygen atoms in total. The van der Waals surface area contributed by atoms with Crippen LogP contribution in [0, 0.1) is 6.92 Å². The van der Waals surface area contributed by atoms with Crippen LogP contribution in [-0.4, -0.2) is 39.3 Å². The summed E-state index contributed by atoms with van der Waals surface area (Å²) in [4.78, 5) is 16.8. The van der Waals surface area contributed by atoms with Crippen molar-refractivity contribution >= 4 is 17.3 Å². The number of thiazole rings is 1. The Hall–Kier alpha value is -2.31. The zero-order valence-corrected chi connectivity index (χ0v) is 16.9. The van der Waals surface area contributed by atoms with Crippen molar-refractivity contribution in [2.24, 2.45) is 0 Å². The Balaban J connectivity index is 1.63. The topological polar surface area (TPSA) is 62.1 Å². The van der Waals surface area contributed by atoms with Gasteiger partial charge in [0.1, 0.15) is 5.01 Å². The van der Waals surface area contributed by atoms with Crippen LogP contribution in [-0.2, 0) is 5.41 Å². The highest BCUT2D eigenvalue weighted by Crippen LogP contribution is 2.35. The molecular weight excluding hydrogens is 356 g/mol. The van der Waals surface area contributed by atoms with Crippen LogP contribution in [0.2, 0.25) is 0 Å². The average Bonchev–Trinajstić information content (AvgIpc) is 3.00. The number of hydrogen-bond donors (Lipinski definition) is 1. The number of rotatable bonds is 3. The average molecular weight is 381 g/mol. The first-order chi connectivity index (χ1) is 12.8. The molecule has 1 saturated heterocycles. The second kappa shape index (κ2) is 6.69. The third kappa shape index (κ3) is 3.59. The summed E-state index contributed by atoms with van der Waals surface area (Å²) in [6, 6.07) is 10.6. The summed E-state index contributed by atoms with van der Waals surface area (Å²) in [5.74, 6) is 0.668. The second-order valence-corrected chi connectivity index (χ2v) is 9.06. The van der Waals surface area contributed by atoms with Crippen LogP contribution in [0.5, 0.6) is 0 Å². The molecule has 3 aromatic rings. The molecule has 0 amide bonds. The number of aromatic nitrogens is 3. The van der Waals surface area contributed by atoms with Crippen molar-refractivity contribution in [3.05, 3.63) is 47.8 Å². The summed E-state index contributed by atoms with van der Waals surface area (Å²) in [5.41, 5.74) is 4.45. The molecule has 0 atom stereocenters. The Morgan fingerprint density at radius 2 is 1.78 bits per heavy atom. The number of hydrogen-bond acceptors (Lipinski definition) is 6. The molecule has 1 aliphatic heterocycles. The lowest BCUT2D eigenvalue weighted by molar-refractivity contribution is 0.140. The Morgan fingerprint density at radius 1 is 1.07 bits per heavy atom. The quantitative estimate of drug-likeness (QED) is 0.743. The molecular formula is C21H24N4OS. The number of aliphatic hydroxyl groups is 1. The fourth-order valence-corrected chi connectivity index (χ4v) is 4.16. The predicted molar refractivity (Wildman–Crippen MR) is 110 cm³/mol. The standard InChI is InChI=1S/C21H24N4OS/c1-13-18(17-9-10-22-20(24-17)25-11-16(26)12-25)27-19(23-13)14-5-7-15(8-6-14)21(2,3)4/h5-10,16,26H,11-12H2,1-4H3. The predicted octanol–water partition coefficient (Wildman–Crippen LogP) is 4.05. The van der Waals surface area contributed by atoms with E-state index in [1.807, 2.05) is 17.9 Å². The highest BCUT2D eigenvalue weighted by Gasteiger charge is 2.27. The van der Waals surface area contributed by atoms with Gasteiger partial charge < -0.3 is 10.0 Å². The third-order valence-electron chi connectivity index (χ3n) is 4.82. The van der Waals surface area contributed by atoms with Crippen molar-refractivity contribution in [3.8, 4) is 21.1 Å². The molecule has 0 saturated carbocycles. The van der Waals surface area contributed by atoms with Crippen molar-refractivity contribution in [1.82, 2.24) is 15.0 Å². The summed E-state index contributed by atoms with van der Waals surface area (Å²) in [7, 11) is 0. The van der Waals surface area contributed by atoms with Crippen LogP contribution in [0.1, 0.15) is 32.0 Å². The van der Waals surface area contributed by atoms with E-state index >= 15 is 0 Å². The van der Waals surface area contributed by atoms with E-state index in [1.165, 1.54) is 5.56 Å². The van der Waals surface area contributed by atoms with E-state index in [0.29, 0.717) is 19.0 Å². The first kappa shape index (κ1) is 18.1. The van der Waals surface area contributed by atoms with E-state index in [-0.39, 0.29) is 11.5 Å². The number of anilines is 1. The Bertz CT molecular complexity index is 953. The maximum atomic E-state index is 9.50. The second-order valence-electron chi connectivity index (χ2n) is 8.06. The Labute approximate surface area is 163 Å². The zero-order chi connectivity index (χ0) is 19.2. The van der Waals surface area contributed by atoms with Gasteiger partial charge in [0.15, 0.2) is 0 Å². The zero-order valence-electron chi connectivity index (χ0n) is 16.1. The monoisotopic (exact) mass is 380 g/mol. The molecule has 1 N–H and O–H groups in total. The summed E-state index contributed by atoms with van der Waals surface area (Å²) in [5, 5.41) is 10.5. The smallest absolute Gasteiger partial charge is 0.226 e. The number of benzene rings is 1. The molecule has 140 valence electrons. The summed E-state index contributed by atoms with van der Waals surface area (Å²) in [6.07, 6.45) is 1.50. The lowest BCUT2D eigenvalue weighted by Crippen LogP contribution is -2.51. The van der Waals surface area contributed by atoms with Crippen molar-refractivity contribution in [3.63, 3.8) is 0 Å². The minimum atomic E-state index is -0.273. The van der Waals surface area contributed by atoms with Gasteiger partial charge in [0.25, 0.3) is 0 Å². The van der Waals surface area contributed by atoms with Gasteiger partial charge in [0.05, 0.1) is 22.4 Å². The molecule has 0 spiro atoms. The van der Waals surface area contributed by atoms with Gasteiger partial charge in [-0.1, -0.05) is 45.0 Å². The van der Waals surface area contributed by atoms with Crippen LogP contribution in [0.4, 0.5) is 5.95 Å². The molecule has 0 radical (unpaired) electrons. The van der Waals surface area contributed by atoms with Crippen LogP contribution >= 0.6 is 11.3 Å². The van der Waals surface area contributed by atoms with Crippen molar-refractivity contribution in [2.45, 2.75) is 39.2 Å². The SMILES string of the molecule is Cc1nc(-c2ccc(C(C)(C)C)cc2)sc1-c1ccnc(N2CC(O)C2)n1. The van der Waals surface area contributed by atoms with Crippen molar-refractivity contribution in [2.75, 3.05) is 18.0 Å². The van der Waals surface area contributed by atoms with Gasteiger partial charge in [-0.05, 0) is 24.0 Å². The van der Waals surface area contributed by atoms with Gasteiger partial charge in [0.2, 0.25) is 5.95 Å². The van der Waals surface area contributed by atoms with Gasteiger partial charge in [0, 0.05) is 24.8 Å². The van der Waals surface area contributed by atoms with E-state index in [2.05, 4.69) is 55.0 Å². The van der Waals surface area contributed by atoms with E-state index in [9.17, 15) is 5.11 Å². The van der Waals surface area contributed by atoms with Crippen LogP contribution < -0.4 is 4.90 Å². The Kier molecular flexibility index (Phi) is 4.48. The molecule has 3 heterocycles. The fourth-order valence-electron chi connectivity index (χ4n) is 3.12. The van der Waals surface area contributed by atoms with E-state index in [0.717, 1.165) is 26.8 Å². The largest absolute Gasteiger partial charge is 0.389 e. The molecule has 0 unspecified atom stereocenters. The first-order valence-electron chi connectivity index (χ1n) is 9.16. The summed E-state index contributed by atoms with van der Waals surface area (Å²) >= 11 is 1.66. The van der Waals surface area contributed by atoms with Gasteiger partial charge in [-0.3, -0.25) is 0 Å². The summed E-state index contributed by atoms with van der Waals surface area (Å²) in [6.45, 7) is 9.87. The van der Waals surface area contributed by atoms with Crippen molar-refractivity contribution in [1.29, 1.82) is 0 Å². The van der Waals surface area contributed by atoms with Gasteiger partial charge in [-0.25, -0.2) is 15.0 Å². The van der Waals surface area contributed by atoms with Crippen LogP contribution in [0.25, 0.3) is 21.1 Å². The molecule has 27 heavy (non-hydrogen) atoms. The molecule has 4 rings (SSSR count). The molecule has 1 fully saturated rings. The minimum Gasteiger partial charge on any atom is -0.389 e. The number of aryl methyl sites for hydroxylation is 1. The van der Waals surface area contributed by atoms with Gasteiger partial charge >= 0.3 is 0 Å². The van der Waals surface area contributed by atoms with Gasteiger partial charge in [-0.15, -0.1) is 11.3 Å². The molecule has 1 aliphatic rings. The molecule has 0 aliphatic carbocycles. The normalized spacial score (nSPS) is 15.1. The maximum absolute atomic E-state index is 9.50. The molecule has 0 bridgehead atoms. The highest BCUT2D eigenvalue weighted by atomic mass is 32.1. The molecule has 1 aromatic carbocycles. The summed E-state index contributed by atoms with van der Waals surface area (Å²) < 4.78 is 0. The van der Waals surface area contributed by atoms with E-state index in [1.54, 1.807) is 17.5 Å². The highest BCUT2D eigenvalue weighted by molar-refractivity contribution is 7.18. The maximum Gasteiger partial charge on any atom is 0.226 e. The van der Waals surface area contributed by atoms with Crippen LogP contribution in [0.15, 0.2) is 36.5 Å². The van der Waals surface area contributed by atoms with Gasteiger partial charge in [-0.2, -0.15) is 0 Å². The number of nitrogens with zero attached hydrogens (tertiary/aromatic N) is 4. The molecule has 6 heteroatoms. The van der Waals surface area contributed by atoms with Crippen LogP contribution in [0.3, 0.4) is 0 Å². The fraction of sp³-hybridized carbons (Fsp3) is 0.381. The number of aliphatic hydroxyl groups excluding tert-OH is 1. The van der Waals surface area contributed by atoms with E-state index in [4.69, 9.17) is 4.98 Å². The minimum absolute atomic E-state index is 0.143. The van der Waals surface area contributed by atoms with E-state index < -0.39 is 0 Å². The third-order valence-corrected chi connectivity index (χ3v) is 6.04. The first-order valence-corrected chi connectivity index (χ1v) is 9.98. The lowest BCUT2D eigenvalue weighted by atomic mass is 9.87. The lowest BCUT2D eigenvalue weighted by Gasteiger charge is -2.35. The van der Waals surface area contributed by atoms with Crippen molar-refractivity contribution < 1.29 is 5.11 Å². The molecule has 2 aromatic heterocycles.